The minimum absolute atomic E-state index is 0.137. The van der Waals surface area contributed by atoms with Crippen LogP contribution >= 0.6 is 0 Å². The minimum Gasteiger partial charge on any atom is -0.382 e. The number of hydrogen-bond donors (Lipinski definition) is 3. The molecule has 2 aliphatic rings. The zero-order valence-electron chi connectivity index (χ0n) is 21.6. The van der Waals surface area contributed by atoms with Gasteiger partial charge < -0.3 is 15.7 Å². The molecule has 1 unspecified atom stereocenters. The highest BCUT2D eigenvalue weighted by Gasteiger charge is 2.46. The average Bonchev–Trinajstić information content (AvgIpc) is 3.65. The van der Waals surface area contributed by atoms with Crippen molar-refractivity contribution in [1.29, 1.82) is 0 Å². The Morgan fingerprint density at radius 3 is 2.44 bits per heavy atom. The number of nitrogens with one attached hydrogen (secondary N) is 1. The molecule has 2 saturated heterocycles. The van der Waals surface area contributed by atoms with Crippen LogP contribution < -0.4 is 5.73 Å². The number of aliphatic hydroxyl groups is 1. The van der Waals surface area contributed by atoms with Crippen LogP contribution in [-0.4, -0.2) is 78.6 Å². The van der Waals surface area contributed by atoms with Gasteiger partial charge in [0.15, 0.2) is 21.6 Å². The van der Waals surface area contributed by atoms with E-state index in [1.807, 2.05) is 4.90 Å². The number of rotatable bonds is 5. The Labute approximate surface area is 231 Å². The predicted octanol–water partition coefficient (Wildman–Crippen LogP) is 2.65. The van der Waals surface area contributed by atoms with E-state index in [0.29, 0.717) is 29.7 Å². The fraction of sp³-hybridized carbons (Fsp3) is 0.400. The van der Waals surface area contributed by atoms with E-state index in [2.05, 4.69) is 20.3 Å². The summed E-state index contributed by atoms with van der Waals surface area (Å²) in [5.41, 5.74) is 7.37. The van der Waals surface area contributed by atoms with Crippen molar-refractivity contribution in [1.82, 2.24) is 34.7 Å². The first kappa shape index (κ1) is 27.1. The highest BCUT2D eigenvalue weighted by Crippen LogP contribution is 2.45. The Kier molecular flexibility index (Phi) is 6.29. The number of pyridine rings is 1. The van der Waals surface area contributed by atoms with E-state index in [1.54, 1.807) is 6.07 Å². The van der Waals surface area contributed by atoms with Gasteiger partial charge >= 0.3 is 6.18 Å². The first-order chi connectivity index (χ1) is 19.3. The van der Waals surface area contributed by atoms with E-state index in [4.69, 9.17) is 10.7 Å². The molecule has 41 heavy (non-hydrogen) atoms. The lowest BCUT2D eigenvalue weighted by Crippen LogP contribution is -2.46. The Balaban J connectivity index is 1.40. The normalized spacial score (nSPS) is 21.9. The predicted molar refractivity (Wildman–Crippen MR) is 138 cm³/mol. The maximum atomic E-state index is 13.1. The number of nitrogen functional groups attached to an aromatic ring is 1. The lowest BCUT2D eigenvalue weighted by molar-refractivity contribution is -0.207. The summed E-state index contributed by atoms with van der Waals surface area (Å²) in [6.07, 6.45) is -0.0765. The molecule has 0 spiro atoms. The van der Waals surface area contributed by atoms with E-state index in [0.717, 1.165) is 31.4 Å². The monoisotopic (exact) mass is 590 g/mol. The number of hydrogen-bond acceptors (Lipinski definition) is 9. The number of aromatic nitrogens is 6. The first-order valence-corrected chi connectivity index (χ1v) is 14.6. The van der Waals surface area contributed by atoms with Gasteiger partial charge in [0.25, 0.3) is 5.91 Å². The molecule has 2 aliphatic heterocycles. The van der Waals surface area contributed by atoms with Crippen LogP contribution in [0.2, 0.25) is 0 Å². The fourth-order valence-electron chi connectivity index (χ4n) is 6.02. The molecule has 4 N–H and O–H groups in total. The summed E-state index contributed by atoms with van der Waals surface area (Å²) < 4.78 is 65.8. The van der Waals surface area contributed by atoms with Crippen molar-refractivity contribution < 1.29 is 31.5 Å². The molecule has 2 bridgehead atoms. The van der Waals surface area contributed by atoms with Crippen LogP contribution in [0.3, 0.4) is 0 Å². The number of H-pyrrole nitrogens is 1. The zero-order valence-corrected chi connectivity index (χ0v) is 22.4. The molecule has 4 aromatic rings. The number of carbonyl (C=O) groups excluding carboxylic acids is 1. The standard InChI is InChI=1S/C25H25F3N8O4S/c1-41(39,40)20-19(13-8-14-3-4-15(9-13)35(14)24(38)18-6-7-31-34-18)33-23-16(11-32-36(23)22(20)29)12-2-5-17(30-10-12)21(37)25(26,27)28/h2,5-7,10-11,13-15,21,37H,3-4,8-9,29H2,1H3,(H,31,34)/t14-,15-,21?/m1/s1. The van der Waals surface area contributed by atoms with Crippen LogP contribution in [-0.2, 0) is 9.84 Å². The minimum atomic E-state index is -4.87. The molecule has 3 atom stereocenters. The Hall–Kier alpha value is -4.05. The number of alkyl halides is 3. The van der Waals surface area contributed by atoms with Crippen molar-refractivity contribution in [3.05, 3.63) is 53.9 Å². The van der Waals surface area contributed by atoms with E-state index in [-0.39, 0.29) is 46.0 Å². The zero-order chi connectivity index (χ0) is 29.3. The number of anilines is 1. The van der Waals surface area contributed by atoms with Crippen LogP contribution in [0.5, 0.6) is 0 Å². The molecular weight excluding hydrogens is 565 g/mol. The number of aliphatic hydroxyl groups excluding tert-OH is 1. The van der Waals surface area contributed by atoms with Gasteiger partial charge in [-0.25, -0.2) is 13.4 Å². The third-order valence-electron chi connectivity index (χ3n) is 7.81. The molecule has 12 nitrogen and oxygen atoms in total. The van der Waals surface area contributed by atoms with Gasteiger partial charge in [-0.3, -0.25) is 14.9 Å². The van der Waals surface area contributed by atoms with Gasteiger partial charge in [0.2, 0.25) is 0 Å². The van der Waals surface area contributed by atoms with Crippen LogP contribution in [0.15, 0.2) is 41.7 Å². The van der Waals surface area contributed by atoms with Gasteiger partial charge in [-0.15, -0.1) is 0 Å². The number of nitrogens with zero attached hydrogens (tertiary/aromatic N) is 6. The number of sulfone groups is 1. The fourth-order valence-corrected chi connectivity index (χ4v) is 7.08. The molecular formula is C25H25F3N8O4S. The second kappa shape index (κ2) is 9.51. The largest absolute Gasteiger partial charge is 0.420 e. The number of aromatic amines is 1. The van der Waals surface area contributed by atoms with Crippen molar-refractivity contribution in [3.8, 4) is 11.1 Å². The highest BCUT2D eigenvalue weighted by atomic mass is 32.2. The SMILES string of the molecule is CS(=O)(=O)c1c(C2C[C@H]3CC[C@H](C2)N3C(=O)c2ccn[nH]2)nc2c(-c3ccc(C(O)C(F)(F)F)nc3)cnn2c1N. The second-order valence-corrected chi connectivity index (χ2v) is 12.4. The molecule has 2 fully saturated rings. The summed E-state index contributed by atoms with van der Waals surface area (Å²) in [6.45, 7) is 0. The third kappa shape index (κ3) is 4.60. The number of piperidine rings is 1. The van der Waals surface area contributed by atoms with Gasteiger partial charge in [-0.1, -0.05) is 6.07 Å². The number of amides is 1. The highest BCUT2D eigenvalue weighted by molar-refractivity contribution is 7.91. The summed E-state index contributed by atoms with van der Waals surface area (Å²) in [5, 5.41) is 20.3. The van der Waals surface area contributed by atoms with Crippen LogP contribution in [0.25, 0.3) is 16.8 Å². The summed E-state index contributed by atoms with van der Waals surface area (Å²) in [6, 6.07) is 3.73. The summed E-state index contributed by atoms with van der Waals surface area (Å²) >= 11 is 0. The van der Waals surface area contributed by atoms with Crippen molar-refractivity contribution >= 4 is 27.2 Å². The molecule has 6 heterocycles. The van der Waals surface area contributed by atoms with Crippen molar-refractivity contribution in [2.45, 2.75) is 60.9 Å². The molecule has 0 aliphatic carbocycles. The molecule has 0 saturated carbocycles. The summed E-state index contributed by atoms with van der Waals surface area (Å²) in [4.78, 5) is 23.3. The van der Waals surface area contributed by atoms with Gasteiger partial charge in [0, 0.05) is 47.8 Å². The van der Waals surface area contributed by atoms with Crippen molar-refractivity contribution in [2.24, 2.45) is 0 Å². The van der Waals surface area contributed by atoms with Gasteiger partial charge in [-0.2, -0.15) is 27.9 Å². The van der Waals surface area contributed by atoms with E-state index in [9.17, 15) is 31.5 Å². The first-order valence-electron chi connectivity index (χ1n) is 12.7. The number of carbonyl (C=O) groups is 1. The molecule has 6 rings (SSSR count). The second-order valence-electron chi connectivity index (χ2n) is 10.4. The third-order valence-corrected chi connectivity index (χ3v) is 8.97. The molecule has 0 aromatic carbocycles. The summed E-state index contributed by atoms with van der Waals surface area (Å²) in [7, 11) is -3.86. The van der Waals surface area contributed by atoms with Crippen LogP contribution in [0.1, 0.15) is 59.6 Å². The molecule has 1 amide bonds. The Bertz CT molecular complexity index is 1730. The number of nitrogens with two attached hydrogens (primary N) is 1. The molecule has 216 valence electrons. The topological polar surface area (TPSA) is 172 Å². The number of fused-ring (bicyclic) bond motifs is 3. The molecule has 16 heteroatoms. The van der Waals surface area contributed by atoms with Crippen LogP contribution in [0.4, 0.5) is 19.0 Å². The van der Waals surface area contributed by atoms with Crippen molar-refractivity contribution in [2.75, 3.05) is 12.0 Å². The van der Waals surface area contributed by atoms with Gasteiger partial charge in [0.1, 0.15) is 16.4 Å². The lowest BCUT2D eigenvalue weighted by atomic mass is 9.87. The molecule has 4 aromatic heterocycles. The van der Waals surface area contributed by atoms with E-state index >= 15 is 0 Å². The Morgan fingerprint density at radius 1 is 1.17 bits per heavy atom. The van der Waals surface area contributed by atoms with Crippen molar-refractivity contribution in [3.63, 3.8) is 0 Å². The summed E-state index contributed by atoms with van der Waals surface area (Å²) in [5.74, 6) is -0.635. The maximum Gasteiger partial charge on any atom is 0.420 e. The number of halogens is 3. The van der Waals surface area contributed by atoms with Gasteiger partial charge in [-0.05, 0) is 37.8 Å². The van der Waals surface area contributed by atoms with Crippen LogP contribution in [0, 0.1) is 0 Å². The smallest absolute Gasteiger partial charge is 0.382 e. The van der Waals surface area contributed by atoms with E-state index in [1.165, 1.54) is 23.0 Å². The van der Waals surface area contributed by atoms with Gasteiger partial charge in [0.05, 0.1) is 17.6 Å². The Morgan fingerprint density at radius 2 is 1.88 bits per heavy atom. The van der Waals surface area contributed by atoms with E-state index < -0.39 is 27.8 Å². The average molecular weight is 591 g/mol. The maximum absolute atomic E-state index is 13.1. The quantitative estimate of drug-likeness (QED) is 0.316. The lowest BCUT2D eigenvalue weighted by Gasteiger charge is -2.39. The molecule has 0 radical (unpaired) electrons.